The second-order valence-electron chi connectivity index (χ2n) is 6.73. The van der Waals surface area contributed by atoms with Gasteiger partial charge in [-0.05, 0) is 0 Å². The van der Waals surface area contributed by atoms with Gasteiger partial charge in [-0.15, -0.1) is 24.8 Å². The van der Waals surface area contributed by atoms with Crippen LogP contribution in [0.2, 0.25) is 19.6 Å². The van der Waals surface area contributed by atoms with E-state index in [1.165, 1.54) is 6.56 Å². The number of hydrogen-bond donors (Lipinski definition) is 0. The number of allylic oxidation sites excluding steroid dienone is 8. The molecule has 2 aliphatic carbocycles. The van der Waals surface area contributed by atoms with Crippen LogP contribution in [-0.2, 0) is 24.5 Å². The Bertz CT molecular complexity index is 577. The van der Waals surface area contributed by atoms with Crippen LogP contribution in [0, 0.1) is 0 Å². The van der Waals surface area contributed by atoms with Gasteiger partial charge in [0.05, 0.1) is 0 Å². The minimum atomic E-state index is -4.17. The molecule has 2 nitrogen and oxygen atoms in total. The maximum absolute atomic E-state index is 7.02. The third-order valence-corrected chi connectivity index (χ3v) is 25.2. The van der Waals surface area contributed by atoms with Crippen molar-refractivity contribution in [2.45, 2.75) is 46.3 Å². The van der Waals surface area contributed by atoms with Crippen molar-refractivity contribution in [3.05, 3.63) is 43.0 Å². The third kappa shape index (κ3) is 4.34. The standard InChI is InChI=1S/2C5H5.C3H9OSi.C2H5O.C2H4.2ClH.Zr/c2*1-2-4-5-3-1;1-5(2,3)4;1-2-3;1-2;;;/h2*1-3H,4H2;1-3H3;2H2,1H3;1H,2H3;2*1H;/q;;2*-1;;;;+2. The molecule has 0 heterocycles. The van der Waals surface area contributed by atoms with Crippen LogP contribution in [-0.4, -0.2) is 18.6 Å². The van der Waals surface area contributed by atoms with E-state index in [9.17, 15) is 0 Å². The summed E-state index contributed by atoms with van der Waals surface area (Å²) < 4.78 is 18.8. The predicted octanol–water partition coefficient (Wildman–Crippen LogP) is 5.75. The van der Waals surface area contributed by atoms with Crippen LogP contribution in [0.4, 0.5) is 0 Å². The molecule has 132 valence electrons. The zero-order valence-electron chi connectivity index (χ0n) is 14.8. The van der Waals surface area contributed by atoms with Gasteiger partial charge in [0.1, 0.15) is 0 Å². The molecule has 2 rings (SSSR count). The van der Waals surface area contributed by atoms with Crippen molar-refractivity contribution >= 4 is 36.8 Å². The van der Waals surface area contributed by atoms with E-state index in [0.717, 1.165) is 12.8 Å². The summed E-state index contributed by atoms with van der Waals surface area (Å²) in [7, 11) is -1.76. The summed E-state index contributed by atoms with van der Waals surface area (Å²) in [6.07, 6.45) is 15.2. The van der Waals surface area contributed by atoms with Gasteiger partial charge < -0.3 is 0 Å². The van der Waals surface area contributed by atoms with Crippen LogP contribution in [0.15, 0.2) is 43.0 Å². The molecule has 0 saturated heterocycles. The Morgan fingerprint density at radius 3 is 1.78 bits per heavy atom. The van der Waals surface area contributed by atoms with Crippen LogP contribution in [0.1, 0.15) is 26.7 Å². The molecule has 0 bridgehead atoms. The van der Waals surface area contributed by atoms with E-state index in [1.54, 1.807) is 0 Å². The molecule has 0 unspecified atom stereocenters. The van der Waals surface area contributed by atoms with Crippen molar-refractivity contribution in [1.29, 1.82) is 0 Å². The van der Waals surface area contributed by atoms with Gasteiger partial charge in [-0.25, -0.2) is 0 Å². The first-order valence-electron chi connectivity index (χ1n) is 7.91. The van der Waals surface area contributed by atoms with E-state index in [4.69, 9.17) is 5.32 Å². The quantitative estimate of drug-likeness (QED) is 0.474. The zero-order valence-corrected chi connectivity index (χ0v) is 19.9. The first-order valence-corrected chi connectivity index (χ1v) is 17.2. The Labute approximate surface area is 156 Å². The molecule has 0 aromatic rings. The molecule has 6 heteroatoms. The number of hydrogen-bond acceptors (Lipinski definition) is 2. The first kappa shape index (κ1) is 23.4. The van der Waals surface area contributed by atoms with E-state index >= 15 is 0 Å². The van der Waals surface area contributed by atoms with Crippen molar-refractivity contribution < 1.29 is 24.5 Å². The van der Waals surface area contributed by atoms with E-state index in [-0.39, 0.29) is 24.8 Å². The largest absolute Gasteiger partial charge is 0.147 e. The fourth-order valence-electron chi connectivity index (χ4n) is 3.56. The summed E-state index contributed by atoms with van der Waals surface area (Å²) in [5.41, 5.74) is 0. The minimum Gasteiger partial charge on any atom is -0.147 e. The SMILES string of the molecule is C[CH]=[Zr]([O]CC)([O][Si](C)(C)C)([C]1=CC=CC1)[C]1=CC=CC1.Cl.Cl. The van der Waals surface area contributed by atoms with Gasteiger partial charge in [0, 0.05) is 0 Å². The average molecular weight is 457 g/mol. The Kier molecular flexibility index (Phi) is 8.85. The summed E-state index contributed by atoms with van der Waals surface area (Å²) in [5, 5.41) is 0. The Morgan fingerprint density at radius 2 is 1.52 bits per heavy atom. The average Bonchev–Trinajstić information content (AvgIpc) is 3.10. The predicted molar refractivity (Wildman–Crippen MR) is 106 cm³/mol. The fourth-order valence-corrected chi connectivity index (χ4v) is 27.5. The molecule has 0 amide bonds. The maximum atomic E-state index is 7.02. The third-order valence-electron chi connectivity index (χ3n) is 4.22. The minimum absolute atomic E-state index is 0. The molecule has 0 spiro atoms. The topological polar surface area (TPSA) is 18.5 Å². The molecule has 0 aliphatic heterocycles. The summed E-state index contributed by atoms with van der Waals surface area (Å²) in [5.74, 6) is 0. The van der Waals surface area contributed by atoms with E-state index in [2.05, 4.69) is 73.7 Å². The fraction of sp³-hybridized carbons (Fsp3) is 0.471. The molecular formula is C17H30Cl2O2SiZr. The second-order valence-corrected chi connectivity index (χ2v) is 23.6. The smallest absolute Gasteiger partial charge is 0.147 e. The molecule has 0 saturated carbocycles. The molecule has 0 aromatic heterocycles. The normalized spacial score (nSPS) is 17.3. The van der Waals surface area contributed by atoms with Crippen LogP contribution in [0.5, 0.6) is 0 Å². The molecule has 0 aromatic carbocycles. The van der Waals surface area contributed by atoms with Crippen molar-refractivity contribution in [3.63, 3.8) is 0 Å². The molecule has 0 N–H and O–H groups in total. The van der Waals surface area contributed by atoms with E-state index in [0.29, 0.717) is 6.61 Å². The number of halogens is 2. The maximum Gasteiger partial charge on any atom is -0.147 e. The Balaban J connectivity index is 0.00000242. The number of rotatable bonds is 6. The summed E-state index contributed by atoms with van der Waals surface area (Å²) in [4.78, 5) is 0. The summed E-state index contributed by atoms with van der Waals surface area (Å²) in [6.45, 7) is 11.8. The van der Waals surface area contributed by atoms with Crippen LogP contribution >= 0.6 is 24.8 Å². The van der Waals surface area contributed by atoms with Gasteiger partial charge in [0.25, 0.3) is 0 Å². The molecule has 0 atom stereocenters. The molecule has 0 radical (unpaired) electrons. The van der Waals surface area contributed by atoms with Gasteiger partial charge in [-0.2, -0.15) is 0 Å². The van der Waals surface area contributed by atoms with Gasteiger partial charge in [-0.1, -0.05) is 0 Å². The molecule has 2 aliphatic rings. The van der Waals surface area contributed by atoms with Crippen LogP contribution in [0.25, 0.3) is 0 Å². The van der Waals surface area contributed by atoms with Gasteiger partial charge in [0.2, 0.25) is 0 Å². The van der Waals surface area contributed by atoms with Gasteiger partial charge >= 0.3 is 132 Å². The van der Waals surface area contributed by atoms with Gasteiger partial charge in [-0.3, -0.25) is 0 Å². The van der Waals surface area contributed by atoms with Crippen molar-refractivity contribution in [2.75, 3.05) is 6.61 Å². The van der Waals surface area contributed by atoms with Gasteiger partial charge in [0.15, 0.2) is 0 Å². The monoisotopic (exact) mass is 454 g/mol. The second kappa shape index (κ2) is 8.69. The Hall–Kier alpha value is 0.430. The van der Waals surface area contributed by atoms with Crippen LogP contribution in [0.3, 0.4) is 0 Å². The van der Waals surface area contributed by atoms with Crippen molar-refractivity contribution in [3.8, 4) is 0 Å². The Morgan fingerprint density at radius 1 is 1.04 bits per heavy atom. The van der Waals surface area contributed by atoms with E-state index < -0.39 is 27.5 Å². The van der Waals surface area contributed by atoms with Crippen molar-refractivity contribution in [1.82, 2.24) is 0 Å². The van der Waals surface area contributed by atoms with E-state index in [1.807, 2.05) is 0 Å². The summed E-state index contributed by atoms with van der Waals surface area (Å²) in [6, 6.07) is 0. The zero-order chi connectivity index (χ0) is 15.6. The molecular weight excluding hydrogens is 426 g/mol. The first-order chi connectivity index (χ1) is 9.87. The van der Waals surface area contributed by atoms with Crippen molar-refractivity contribution in [2.24, 2.45) is 0 Å². The molecule has 0 fully saturated rings. The van der Waals surface area contributed by atoms with Crippen LogP contribution < -0.4 is 0 Å². The molecule has 23 heavy (non-hydrogen) atoms. The summed E-state index contributed by atoms with van der Waals surface area (Å²) >= 11 is -4.17.